The summed E-state index contributed by atoms with van der Waals surface area (Å²) in [4.78, 5) is 5.17. The lowest BCUT2D eigenvalue weighted by atomic mass is 10.1. The number of rotatable bonds is 3. The number of thiazole rings is 1. The Kier molecular flexibility index (Phi) is 2.62. The van der Waals surface area contributed by atoms with Crippen molar-refractivity contribution in [3.05, 3.63) is 28.5 Å². The predicted molar refractivity (Wildman–Crippen MR) is 52.7 cm³/mol. The molecule has 2 N–H and O–H groups in total. The van der Waals surface area contributed by atoms with Crippen molar-refractivity contribution in [2.24, 2.45) is 5.73 Å². The van der Waals surface area contributed by atoms with Gasteiger partial charge in [0.05, 0.1) is 35.2 Å². The summed E-state index contributed by atoms with van der Waals surface area (Å²) in [6.07, 6.45) is 4.34. The minimum atomic E-state index is -0.0563. The smallest absolute Gasteiger partial charge is 0.0913 e. The Balaban J connectivity index is 2.04. The third-order valence-electron chi connectivity index (χ3n) is 1.66. The van der Waals surface area contributed by atoms with Gasteiger partial charge in [-0.25, -0.2) is 0 Å². The van der Waals surface area contributed by atoms with Crippen LogP contribution in [0.25, 0.3) is 0 Å². The minimum Gasteiger partial charge on any atom is -0.322 e. The van der Waals surface area contributed by atoms with Gasteiger partial charge in [0.25, 0.3) is 0 Å². The number of aromatic nitrogens is 3. The Labute approximate surface area is 83.8 Å². The van der Waals surface area contributed by atoms with Crippen LogP contribution in [0.5, 0.6) is 0 Å². The average molecular weight is 212 g/mol. The summed E-state index contributed by atoms with van der Waals surface area (Å²) < 4.78 is 8.00. The molecule has 0 saturated carbocycles. The summed E-state index contributed by atoms with van der Waals surface area (Å²) >= 11 is 2.80. The SMILES string of the molecule is NC(Cc1cncs1)c1cnsn1. The number of hydrogen-bond donors (Lipinski definition) is 1. The van der Waals surface area contributed by atoms with Gasteiger partial charge >= 0.3 is 0 Å². The van der Waals surface area contributed by atoms with Gasteiger partial charge < -0.3 is 5.73 Å². The van der Waals surface area contributed by atoms with E-state index in [0.717, 1.165) is 12.1 Å². The van der Waals surface area contributed by atoms with E-state index in [-0.39, 0.29) is 6.04 Å². The van der Waals surface area contributed by atoms with E-state index in [1.807, 2.05) is 6.20 Å². The molecule has 0 radical (unpaired) electrons. The van der Waals surface area contributed by atoms with E-state index < -0.39 is 0 Å². The molecule has 2 heterocycles. The van der Waals surface area contributed by atoms with Crippen LogP contribution in [0.2, 0.25) is 0 Å². The third-order valence-corrected chi connectivity index (χ3v) is 2.96. The molecule has 0 aliphatic heterocycles. The van der Waals surface area contributed by atoms with Gasteiger partial charge in [0.2, 0.25) is 0 Å². The Bertz CT molecular complexity index is 342. The Morgan fingerprint density at radius 1 is 1.46 bits per heavy atom. The molecule has 0 spiro atoms. The van der Waals surface area contributed by atoms with E-state index in [1.165, 1.54) is 16.6 Å². The topological polar surface area (TPSA) is 64.7 Å². The van der Waals surface area contributed by atoms with Crippen LogP contribution in [0.15, 0.2) is 17.9 Å². The summed E-state index contributed by atoms with van der Waals surface area (Å²) in [6, 6.07) is -0.0563. The molecule has 4 nitrogen and oxygen atoms in total. The minimum absolute atomic E-state index is 0.0563. The van der Waals surface area contributed by atoms with Crippen molar-refractivity contribution >= 4 is 23.1 Å². The standard InChI is InChI=1S/C7H8N4S2/c8-6(7-3-10-13-11-7)1-5-2-9-4-12-5/h2-4,6H,1,8H2. The number of hydrogen-bond acceptors (Lipinski definition) is 6. The first-order valence-electron chi connectivity index (χ1n) is 3.76. The largest absolute Gasteiger partial charge is 0.322 e. The van der Waals surface area contributed by atoms with Crippen LogP contribution in [0, 0.1) is 0 Å². The van der Waals surface area contributed by atoms with Gasteiger partial charge in [-0.3, -0.25) is 4.98 Å². The second kappa shape index (κ2) is 3.91. The maximum atomic E-state index is 5.91. The molecular weight excluding hydrogens is 204 g/mol. The van der Waals surface area contributed by atoms with Crippen LogP contribution in [0.3, 0.4) is 0 Å². The molecule has 0 fully saturated rings. The zero-order valence-electron chi connectivity index (χ0n) is 6.75. The highest BCUT2D eigenvalue weighted by atomic mass is 32.1. The van der Waals surface area contributed by atoms with Gasteiger partial charge in [0, 0.05) is 17.5 Å². The van der Waals surface area contributed by atoms with Crippen LogP contribution >= 0.6 is 23.1 Å². The van der Waals surface area contributed by atoms with E-state index in [1.54, 1.807) is 23.0 Å². The summed E-state index contributed by atoms with van der Waals surface area (Å²) in [7, 11) is 0. The van der Waals surface area contributed by atoms with Crippen LogP contribution in [-0.4, -0.2) is 13.7 Å². The van der Waals surface area contributed by atoms with Gasteiger partial charge in [-0.1, -0.05) is 0 Å². The molecule has 0 bridgehead atoms. The van der Waals surface area contributed by atoms with Crippen molar-refractivity contribution in [2.75, 3.05) is 0 Å². The molecule has 0 aliphatic rings. The first-order chi connectivity index (χ1) is 6.36. The van der Waals surface area contributed by atoms with Gasteiger partial charge in [-0.15, -0.1) is 11.3 Å². The van der Waals surface area contributed by atoms with E-state index in [9.17, 15) is 0 Å². The Hall–Kier alpha value is -0.850. The number of nitrogens with zero attached hydrogens (tertiary/aromatic N) is 3. The fraction of sp³-hybridized carbons (Fsp3) is 0.286. The second-order valence-corrected chi connectivity index (χ2v) is 4.14. The summed E-state index contributed by atoms with van der Waals surface area (Å²) in [5.74, 6) is 0. The molecule has 13 heavy (non-hydrogen) atoms. The van der Waals surface area contributed by atoms with E-state index in [4.69, 9.17) is 5.73 Å². The molecule has 0 saturated heterocycles. The molecule has 6 heteroatoms. The zero-order chi connectivity index (χ0) is 9.10. The van der Waals surface area contributed by atoms with Gasteiger partial charge in [0.15, 0.2) is 0 Å². The fourth-order valence-electron chi connectivity index (χ4n) is 1.000. The molecule has 1 unspecified atom stereocenters. The van der Waals surface area contributed by atoms with Gasteiger partial charge in [-0.2, -0.15) is 8.75 Å². The van der Waals surface area contributed by atoms with E-state index in [0.29, 0.717) is 0 Å². The summed E-state index contributed by atoms with van der Waals surface area (Å²) in [5, 5.41) is 0. The van der Waals surface area contributed by atoms with Crippen LogP contribution in [0.1, 0.15) is 16.6 Å². The molecule has 0 amide bonds. The highest BCUT2D eigenvalue weighted by Gasteiger charge is 2.10. The van der Waals surface area contributed by atoms with Crippen LogP contribution < -0.4 is 5.73 Å². The van der Waals surface area contributed by atoms with Crippen molar-refractivity contribution < 1.29 is 0 Å². The fourth-order valence-corrected chi connectivity index (χ4v) is 2.13. The normalized spacial score (nSPS) is 13.0. The third kappa shape index (κ3) is 2.09. The van der Waals surface area contributed by atoms with Crippen LogP contribution in [-0.2, 0) is 6.42 Å². The van der Waals surface area contributed by atoms with Crippen LogP contribution in [0.4, 0.5) is 0 Å². The van der Waals surface area contributed by atoms with Crippen molar-refractivity contribution in [1.82, 2.24) is 13.7 Å². The first kappa shape index (κ1) is 8.74. The maximum absolute atomic E-state index is 5.91. The van der Waals surface area contributed by atoms with Crippen molar-refractivity contribution in [2.45, 2.75) is 12.5 Å². The molecule has 2 aromatic heterocycles. The number of nitrogens with two attached hydrogens (primary N) is 1. The molecule has 2 aromatic rings. The van der Waals surface area contributed by atoms with Crippen molar-refractivity contribution in [3.8, 4) is 0 Å². The van der Waals surface area contributed by atoms with Crippen molar-refractivity contribution in [3.63, 3.8) is 0 Å². The molecule has 0 aromatic carbocycles. The Morgan fingerprint density at radius 2 is 2.38 bits per heavy atom. The molecule has 0 aliphatic carbocycles. The highest BCUT2D eigenvalue weighted by molar-refractivity contribution is 7.09. The summed E-state index contributed by atoms with van der Waals surface area (Å²) in [5.41, 5.74) is 8.58. The average Bonchev–Trinajstić information content (AvgIpc) is 2.74. The first-order valence-corrected chi connectivity index (χ1v) is 5.37. The molecular formula is C7H8N4S2. The van der Waals surface area contributed by atoms with Gasteiger partial charge in [0.1, 0.15) is 0 Å². The second-order valence-electron chi connectivity index (χ2n) is 2.61. The molecule has 1 atom stereocenters. The van der Waals surface area contributed by atoms with Gasteiger partial charge in [-0.05, 0) is 0 Å². The lowest BCUT2D eigenvalue weighted by Gasteiger charge is -2.04. The lowest BCUT2D eigenvalue weighted by Crippen LogP contribution is -2.12. The highest BCUT2D eigenvalue weighted by Crippen LogP contribution is 2.16. The molecule has 2 rings (SSSR count). The quantitative estimate of drug-likeness (QED) is 0.831. The predicted octanol–water partition coefficient (Wildman–Crippen LogP) is 1.24. The van der Waals surface area contributed by atoms with E-state index in [2.05, 4.69) is 13.7 Å². The monoisotopic (exact) mass is 212 g/mol. The maximum Gasteiger partial charge on any atom is 0.0913 e. The molecule has 68 valence electrons. The summed E-state index contributed by atoms with van der Waals surface area (Å²) in [6.45, 7) is 0. The lowest BCUT2D eigenvalue weighted by molar-refractivity contribution is 0.711. The van der Waals surface area contributed by atoms with Crippen molar-refractivity contribution in [1.29, 1.82) is 0 Å². The zero-order valence-corrected chi connectivity index (χ0v) is 8.38. The van der Waals surface area contributed by atoms with E-state index >= 15 is 0 Å². The Morgan fingerprint density at radius 3 is 3.00 bits per heavy atom.